The molecule has 6 nitrogen and oxygen atoms in total. The van der Waals surface area contributed by atoms with E-state index < -0.39 is 5.97 Å². The fourth-order valence-electron chi connectivity index (χ4n) is 3.66. The molecule has 1 aliphatic heterocycles. The molecule has 1 aliphatic rings. The Morgan fingerprint density at radius 2 is 1.82 bits per heavy atom. The van der Waals surface area contributed by atoms with Gasteiger partial charge in [0.15, 0.2) is 0 Å². The van der Waals surface area contributed by atoms with Crippen LogP contribution in [0.2, 0.25) is 0 Å². The van der Waals surface area contributed by atoms with Gasteiger partial charge in [-0.1, -0.05) is 36.4 Å². The fourth-order valence-corrected chi connectivity index (χ4v) is 3.66. The summed E-state index contributed by atoms with van der Waals surface area (Å²) in [5, 5.41) is 9.07. The Morgan fingerprint density at radius 3 is 2.46 bits per heavy atom. The zero-order chi connectivity index (χ0) is 19.9. The first-order chi connectivity index (χ1) is 13.6. The number of nitrogens with zero attached hydrogens (tertiary/aromatic N) is 3. The molecular weight excluding hydrogens is 354 g/mol. The number of carbonyl (C=O) groups is 2. The second kappa shape index (κ2) is 9.46. The van der Waals surface area contributed by atoms with Crippen molar-refractivity contribution in [3.05, 3.63) is 65.5 Å². The molecule has 2 heterocycles. The van der Waals surface area contributed by atoms with Gasteiger partial charge >= 0.3 is 5.97 Å². The highest BCUT2D eigenvalue weighted by atomic mass is 16.4. The molecule has 3 rings (SSSR count). The number of likely N-dealkylation sites (tertiary alicyclic amines) is 1. The van der Waals surface area contributed by atoms with Gasteiger partial charge in [0.1, 0.15) is 5.69 Å². The van der Waals surface area contributed by atoms with Crippen LogP contribution < -0.4 is 0 Å². The van der Waals surface area contributed by atoms with E-state index in [2.05, 4.69) is 22.0 Å². The second-order valence-electron chi connectivity index (χ2n) is 7.21. The SMILES string of the molecule is CCN(Cc1ccccc1)C(=O)C1CCN(Cc2cccc(C(=O)O)n2)CC1. The highest BCUT2D eigenvalue weighted by Gasteiger charge is 2.28. The summed E-state index contributed by atoms with van der Waals surface area (Å²) in [5.41, 5.74) is 1.98. The maximum Gasteiger partial charge on any atom is 0.354 e. The molecule has 0 aliphatic carbocycles. The average Bonchev–Trinajstić information content (AvgIpc) is 2.73. The summed E-state index contributed by atoms with van der Waals surface area (Å²) in [4.78, 5) is 32.4. The van der Waals surface area contributed by atoms with Crippen LogP contribution in [0.5, 0.6) is 0 Å². The number of aromatic carboxylic acids is 1. The molecule has 0 spiro atoms. The minimum atomic E-state index is -1.01. The number of aromatic nitrogens is 1. The summed E-state index contributed by atoms with van der Waals surface area (Å²) in [6, 6.07) is 15.2. The standard InChI is InChI=1S/C22H27N3O3/c1-2-25(15-17-7-4-3-5-8-17)21(26)18-11-13-24(14-12-18)16-19-9-6-10-20(23-19)22(27)28/h3-10,18H,2,11-16H2,1H3,(H,27,28). The van der Waals surface area contributed by atoms with Crippen LogP contribution in [0.3, 0.4) is 0 Å². The van der Waals surface area contributed by atoms with Crippen LogP contribution in [0, 0.1) is 5.92 Å². The molecule has 2 aromatic rings. The molecule has 0 radical (unpaired) electrons. The van der Waals surface area contributed by atoms with Gasteiger partial charge in [0.25, 0.3) is 0 Å². The molecule has 1 aromatic heterocycles. The number of amides is 1. The molecule has 1 amide bonds. The Balaban J connectivity index is 1.53. The maximum absolute atomic E-state index is 12.9. The lowest BCUT2D eigenvalue weighted by atomic mass is 9.95. The van der Waals surface area contributed by atoms with E-state index in [1.165, 1.54) is 6.07 Å². The van der Waals surface area contributed by atoms with Crippen molar-refractivity contribution in [3.8, 4) is 0 Å². The zero-order valence-electron chi connectivity index (χ0n) is 16.3. The van der Waals surface area contributed by atoms with Crippen molar-refractivity contribution < 1.29 is 14.7 Å². The fraction of sp³-hybridized carbons (Fsp3) is 0.409. The molecule has 148 valence electrons. The molecule has 0 bridgehead atoms. The third kappa shape index (κ3) is 5.16. The van der Waals surface area contributed by atoms with Crippen molar-refractivity contribution in [1.82, 2.24) is 14.8 Å². The maximum atomic E-state index is 12.9. The van der Waals surface area contributed by atoms with E-state index >= 15 is 0 Å². The smallest absolute Gasteiger partial charge is 0.354 e. The molecular formula is C22H27N3O3. The number of benzene rings is 1. The third-order valence-electron chi connectivity index (χ3n) is 5.26. The molecule has 1 fully saturated rings. The number of pyridine rings is 1. The first-order valence-corrected chi connectivity index (χ1v) is 9.81. The van der Waals surface area contributed by atoms with Gasteiger partial charge in [0.2, 0.25) is 5.91 Å². The lowest BCUT2D eigenvalue weighted by molar-refractivity contribution is -0.137. The predicted molar refractivity (Wildman–Crippen MR) is 107 cm³/mol. The Kier molecular flexibility index (Phi) is 6.76. The minimum absolute atomic E-state index is 0.0539. The molecule has 1 aromatic carbocycles. The lowest BCUT2D eigenvalue weighted by Crippen LogP contribution is -2.42. The van der Waals surface area contributed by atoms with Gasteiger partial charge in [-0.2, -0.15) is 0 Å². The van der Waals surface area contributed by atoms with E-state index in [1.54, 1.807) is 6.07 Å². The van der Waals surface area contributed by atoms with Crippen LogP contribution >= 0.6 is 0 Å². The first kappa shape index (κ1) is 20.0. The lowest BCUT2D eigenvalue weighted by Gasteiger charge is -2.34. The van der Waals surface area contributed by atoms with Crippen molar-refractivity contribution in [2.75, 3.05) is 19.6 Å². The van der Waals surface area contributed by atoms with E-state index in [0.29, 0.717) is 19.6 Å². The van der Waals surface area contributed by atoms with Gasteiger partial charge in [-0.15, -0.1) is 0 Å². The third-order valence-corrected chi connectivity index (χ3v) is 5.26. The Morgan fingerprint density at radius 1 is 1.11 bits per heavy atom. The first-order valence-electron chi connectivity index (χ1n) is 9.81. The van der Waals surface area contributed by atoms with Crippen LogP contribution in [0.25, 0.3) is 0 Å². The summed E-state index contributed by atoms with van der Waals surface area (Å²) < 4.78 is 0. The van der Waals surface area contributed by atoms with Crippen LogP contribution in [0.4, 0.5) is 0 Å². The predicted octanol–water partition coefficient (Wildman–Crippen LogP) is 3.04. The van der Waals surface area contributed by atoms with Crippen LogP contribution in [-0.4, -0.2) is 51.4 Å². The second-order valence-corrected chi connectivity index (χ2v) is 7.21. The van der Waals surface area contributed by atoms with Gasteiger partial charge in [0, 0.05) is 25.6 Å². The van der Waals surface area contributed by atoms with Gasteiger partial charge in [-0.05, 0) is 50.6 Å². The van der Waals surface area contributed by atoms with Gasteiger partial charge in [-0.3, -0.25) is 9.69 Å². The quantitative estimate of drug-likeness (QED) is 0.798. The molecule has 0 unspecified atom stereocenters. The van der Waals surface area contributed by atoms with Crippen molar-refractivity contribution in [1.29, 1.82) is 0 Å². The highest BCUT2D eigenvalue weighted by molar-refractivity contribution is 5.85. The molecule has 28 heavy (non-hydrogen) atoms. The molecule has 6 heteroatoms. The van der Waals surface area contributed by atoms with E-state index in [4.69, 9.17) is 5.11 Å². The Hall–Kier alpha value is -2.73. The monoisotopic (exact) mass is 381 g/mol. The van der Waals surface area contributed by atoms with E-state index in [0.717, 1.165) is 37.2 Å². The number of carboxylic acid groups (broad SMARTS) is 1. The number of rotatable bonds is 7. The summed E-state index contributed by atoms with van der Waals surface area (Å²) in [6.07, 6.45) is 1.64. The Bertz CT molecular complexity index is 802. The van der Waals surface area contributed by atoms with Crippen LogP contribution in [0.15, 0.2) is 48.5 Å². The average molecular weight is 381 g/mol. The molecule has 0 saturated carbocycles. The Labute approximate surface area is 165 Å². The number of hydrogen-bond acceptors (Lipinski definition) is 4. The topological polar surface area (TPSA) is 73.7 Å². The van der Waals surface area contributed by atoms with Crippen LogP contribution in [0.1, 0.15) is 41.5 Å². The van der Waals surface area contributed by atoms with E-state index in [-0.39, 0.29) is 17.5 Å². The van der Waals surface area contributed by atoms with E-state index in [9.17, 15) is 9.59 Å². The summed E-state index contributed by atoms with van der Waals surface area (Å²) >= 11 is 0. The van der Waals surface area contributed by atoms with Crippen molar-refractivity contribution >= 4 is 11.9 Å². The number of hydrogen-bond donors (Lipinski definition) is 1. The summed E-state index contributed by atoms with van der Waals surface area (Å²) in [5.74, 6) is -0.723. The number of piperidine rings is 1. The highest BCUT2D eigenvalue weighted by Crippen LogP contribution is 2.22. The number of carboxylic acids is 1. The summed E-state index contributed by atoms with van der Waals surface area (Å²) in [7, 11) is 0. The minimum Gasteiger partial charge on any atom is -0.477 e. The van der Waals surface area contributed by atoms with Gasteiger partial charge in [-0.25, -0.2) is 9.78 Å². The normalized spacial score (nSPS) is 15.3. The molecule has 1 saturated heterocycles. The summed E-state index contributed by atoms with van der Waals surface area (Å²) in [6.45, 7) is 5.64. The zero-order valence-corrected chi connectivity index (χ0v) is 16.3. The van der Waals surface area contributed by atoms with E-state index in [1.807, 2.05) is 36.1 Å². The van der Waals surface area contributed by atoms with Crippen molar-refractivity contribution in [2.24, 2.45) is 5.92 Å². The van der Waals surface area contributed by atoms with Gasteiger partial charge in [0.05, 0.1) is 5.69 Å². The largest absolute Gasteiger partial charge is 0.477 e. The van der Waals surface area contributed by atoms with Crippen LogP contribution in [-0.2, 0) is 17.9 Å². The number of carbonyl (C=O) groups excluding carboxylic acids is 1. The molecule has 0 atom stereocenters. The van der Waals surface area contributed by atoms with Gasteiger partial charge < -0.3 is 10.0 Å². The van der Waals surface area contributed by atoms with Crippen molar-refractivity contribution in [2.45, 2.75) is 32.9 Å². The molecule has 1 N–H and O–H groups in total. The van der Waals surface area contributed by atoms with Crippen molar-refractivity contribution in [3.63, 3.8) is 0 Å².